The third-order valence-corrected chi connectivity index (χ3v) is 6.40. The van der Waals surface area contributed by atoms with Crippen molar-refractivity contribution in [1.82, 2.24) is 19.7 Å². The maximum atomic E-state index is 12.7. The first-order valence-electron chi connectivity index (χ1n) is 9.57. The predicted molar refractivity (Wildman–Crippen MR) is 115 cm³/mol. The van der Waals surface area contributed by atoms with Crippen LogP contribution < -0.4 is 10.5 Å². The number of carbonyl (C=O) groups is 1. The Balaban J connectivity index is 1.49. The molecule has 1 aliphatic heterocycles. The van der Waals surface area contributed by atoms with E-state index in [0.717, 1.165) is 21.7 Å². The SMILES string of the molecule is Cc1ccc(C(=O)N2CCN(c3cnn(-c4ccc(C(F)(F)F)cn4)c(=O)c3Cl)CC2)s1. The molecule has 1 aliphatic rings. The number of aromatic nitrogens is 3. The van der Waals surface area contributed by atoms with Gasteiger partial charge in [-0.05, 0) is 31.2 Å². The molecular formula is C20H17ClF3N5O2S. The van der Waals surface area contributed by atoms with E-state index >= 15 is 0 Å². The van der Waals surface area contributed by atoms with Crippen molar-refractivity contribution in [2.75, 3.05) is 31.1 Å². The van der Waals surface area contributed by atoms with Crippen LogP contribution in [0.3, 0.4) is 0 Å². The molecular weight excluding hydrogens is 467 g/mol. The summed E-state index contributed by atoms with van der Waals surface area (Å²) in [6, 6.07) is 5.60. The molecule has 0 bridgehead atoms. The molecule has 0 aromatic carbocycles. The van der Waals surface area contributed by atoms with Crippen LogP contribution in [0.5, 0.6) is 0 Å². The van der Waals surface area contributed by atoms with Crippen molar-refractivity contribution in [3.8, 4) is 5.82 Å². The van der Waals surface area contributed by atoms with Gasteiger partial charge in [0.15, 0.2) is 5.82 Å². The fourth-order valence-electron chi connectivity index (χ4n) is 3.34. The molecule has 7 nitrogen and oxygen atoms in total. The van der Waals surface area contributed by atoms with Crippen LogP contribution in [-0.2, 0) is 6.18 Å². The van der Waals surface area contributed by atoms with E-state index in [-0.39, 0.29) is 16.7 Å². The lowest BCUT2D eigenvalue weighted by molar-refractivity contribution is -0.137. The fourth-order valence-corrected chi connectivity index (χ4v) is 4.43. The van der Waals surface area contributed by atoms with Crippen LogP contribution >= 0.6 is 22.9 Å². The normalized spacial score (nSPS) is 14.7. The molecule has 12 heteroatoms. The number of aryl methyl sites for hydroxylation is 1. The van der Waals surface area contributed by atoms with Gasteiger partial charge in [-0.15, -0.1) is 11.3 Å². The third kappa shape index (κ3) is 4.35. The quantitative estimate of drug-likeness (QED) is 0.569. The number of halogens is 4. The number of alkyl halides is 3. The number of amides is 1. The zero-order valence-electron chi connectivity index (χ0n) is 16.8. The molecule has 168 valence electrons. The molecule has 1 fully saturated rings. The van der Waals surface area contributed by atoms with Gasteiger partial charge in [-0.1, -0.05) is 11.6 Å². The van der Waals surface area contributed by atoms with Gasteiger partial charge in [-0.25, -0.2) is 4.98 Å². The lowest BCUT2D eigenvalue weighted by Crippen LogP contribution is -2.49. The van der Waals surface area contributed by atoms with E-state index in [0.29, 0.717) is 42.9 Å². The number of carbonyl (C=O) groups excluding carboxylic acids is 1. The predicted octanol–water partition coefficient (Wildman–Crippen LogP) is 3.63. The monoisotopic (exact) mass is 483 g/mol. The Hall–Kier alpha value is -2.92. The van der Waals surface area contributed by atoms with Gasteiger partial charge in [0.2, 0.25) is 0 Å². The molecule has 0 radical (unpaired) electrons. The summed E-state index contributed by atoms with van der Waals surface area (Å²) in [5.74, 6) is -0.103. The average Bonchev–Trinajstić information content (AvgIpc) is 3.21. The second-order valence-electron chi connectivity index (χ2n) is 7.15. The second-order valence-corrected chi connectivity index (χ2v) is 8.82. The lowest BCUT2D eigenvalue weighted by atomic mass is 10.2. The van der Waals surface area contributed by atoms with Crippen molar-refractivity contribution in [2.24, 2.45) is 0 Å². The Morgan fingerprint density at radius 3 is 2.38 bits per heavy atom. The summed E-state index contributed by atoms with van der Waals surface area (Å²) in [4.78, 5) is 34.3. The van der Waals surface area contributed by atoms with Gasteiger partial charge in [0, 0.05) is 37.3 Å². The number of piperazine rings is 1. The molecule has 0 unspecified atom stereocenters. The zero-order chi connectivity index (χ0) is 23.0. The molecule has 0 N–H and O–H groups in total. The summed E-state index contributed by atoms with van der Waals surface area (Å²) < 4.78 is 39.0. The highest BCUT2D eigenvalue weighted by Gasteiger charge is 2.31. The Bertz CT molecular complexity index is 1200. The first-order valence-corrected chi connectivity index (χ1v) is 10.8. The number of rotatable bonds is 3. The molecule has 0 atom stereocenters. The summed E-state index contributed by atoms with van der Waals surface area (Å²) >= 11 is 7.73. The maximum Gasteiger partial charge on any atom is 0.417 e. The lowest BCUT2D eigenvalue weighted by Gasteiger charge is -2.36. The number of hydrogen-bond donors (Lipinski definition) is 0. The van der Waals surface area contributed by atoms with Crippen LogP contribution in [-0.4, -0.2) is 51.8 Å². The first kappa shape index (κ1) is 22.3. The highest BCUT2D eigenvalue weighted by molar-refractivity contribution is 7.13. The van der Waals surface area contributed by atoms with E-state index in [1.165, 1.54) is 17.5 Å². The summed E-state index contributed by atoms with van der Waals surface area (Å²) in [6.07, 6.45) is -2.52. The van der Waals surface area contributed by atoms with Crippen LogP contribution in [0.1, 0.15) is 20.1 Å². The Labute approximate surface area is 189 Å². The van der Waals surface area contributed by atoms with Crippen molar-refractivity contribution in [1.29, 1.82) is 0 Å². The van der Waals surface area contributed by atoms with E-state index in [4.69, 9.17) is 11.6 Å². The van der Waals surface area contributed by atoms with Crippen molar-refractivity contribution >= 4 is 34.5 Å². The smallest absolute Gasteiger partial charge is 0.365 e. The van der Waals surface area contributed by atoms with Crippen molar-refractivity contribution in [2.45, 2.75) is 13.1 Å². The van der Waals surface area contributed by atoms with Crippen LogP contribution in [0, 0.1) is 6.92 Å². The second kappa shape index (κ2) is 8.55. The molecule has 3 aromatic heterocycles. The van der Waals surface area contributed by atoms with Gasteiger partial charge in [-0.3, -0.25) is 9.59 Å². The van der Waals surface area contributed by atoms with E-state index in [9.17, 15) is 22.8 Å². The summed E-state index contributed by atoms with van der Waals surface area (Å²) in [5, 5.41) is 3.92. The molecule has 4 rings (SSSR count). The zero-order valence-corrected chi connectivity index (χ0v) is 18.3. The molecule has 4 heterocycles. The molecule has 0 aliphatic carbocycles. The number of anilines is 1. The van der Waals surface area contributed by atoms with E-state index in [1.54, 1.807) is 4.90 Å². The molecule has 0 saturated carbocycles. The number of nitrogens with zero attached hydrogens (tertiary/aromatic N) is 5. The standard InChI is InChI=1S/C20H17ClF3N5O2S/c1-12-2-4-15(32-12)18(30)28-8-6-27(7-9-28)14-11-26-29(19(31)17(14)21)16-5-3-13(10-25-16)20(22,23)24/h2-5,10-11H,6-9H2,1H3. The number of pyridine rings is 1. The summed E-state index contributed by atoms with van der Waals surface area (Å²) in [6.45, 7) is 3.76. The van der Waals surface area contributed by atoms with Crippen LogP contribution in [0.25, 0.3) is 5.82 Å². The van der Waals surface area contributed by atoms with Gasteiger partial charge >= 0.3 is 6.18 Å². The Morgan fingerprint density at radius 1 is 1.09 bits per heavy atom. The van der Waals surface area contributed by atoms with Crippen LogP contribution in [0.2, 0.25) is 5.02 Å². The van der Waals surface area contributed by atoms with Gasteiger partial charge in [-0.2, -0.15) is 23.0 Å². The average molecular weight is 484 g/mol. The number of hydrogen-bond acceptors (Lipinski definition) is 6. The molecule has 0 spiro atoms. The largest absolute Gasteiger partial charge is 0.417 e. The van der Waals surface area contributed by atoms with E-state index in [2.05, 4.69) is 10.1 Å². The molecule has 3 aromatic rings. The Kier molecular flexibility index (Phi) is 5.95. The van der Waals surface area contributed by atoms with Crippen molar-refractivity contribution in [3.05, 3.63) is 67.4 Å². The minimum Gasteiger partial charge on any atom is -0.365 e. The third-order valence-electron chi connectivity index (χ3n) is 5.05. The molecule has 1 saturated heterocycles. The molecule has 1 amide bonds. The minimum atomic E-state index is -4.53. The highest BCUT2D eigenvalue weighted by Crippen LogP contribution is 2.29. The number of thiophene rings is 1. The Morgan fingerprint density at radius 2 is 1.81 bits per heavy atom. The van der Waals surface area contributed by atoms with Gasteiger partial charge < -0.3 is 9.80 Å². The fraction of sp³-hybridized carbons (Fsp3) is 0.300. The van der Waals surface area contributed by atoms with E-state index < -0.39 is 17.3 Å². The molecule has 32 heavy (non-hydrogen) atoms. The van der Waals surface area contributed by atoms with E-state index in [1.807, 2.05) is 24.0 Å². The minimum absolute atomic E-state index is 0.0317. The topological polar surface area (TPSA) is 71.3 Å². The van der Waals surface area contributed by atoms with Crippen molar-refractivity contribution in [3.63, 3.8) is 0 Å². The van der Waals surface area contributed by atoms with Gasteiger partial charge in [0.05, 0.1) is 22.3 Å². The summed E-state index contributed by atoms with van der Waals surface area (Å²) in [5.41, 5.74) is -1.22. The van der Waals surface area contributed by atoms with Crippen LogP contribution in [0.4, 0.5) is 18.9 Å². The van der Waals surface area contributed by atoms with Gasteiger partial charge in [0.1, 0.15) is 5.02 Å². The summed E-state index contributed by atoms with van der Waals surface area (Å²) in [7, 11) is 0. The van der Waals surface area contributed by atoms with Crippen molar-refractivity contribution < 1.29 is 18.0 Å². The van der Waals surface area contributed by atoms with Gasteiger partial charge in [0.25, 0.3) is 11.5 Å². The van der Waals surface area contributed by atoms with Crippen LogP contribution in [0.15, 0.2) is 41.5 Å². The highest BCUT2D eigenvalue weighted by atomic mass is 35.5. The maximum absolute atomic E-state index is 12.7. The first-order chi connectivity index (χ1) is 15.1.